The number of amides is 1. The first-order valence-electron chi connectivity index (χ1n) is 5.57. The molecule has 0 saturated carbocycles. The van der Waals surface area contributed by atoms with Gasteiger partial charge in [0.15, 0.2) is 0 Å². The van der Waals surface area contributed by atoms with Gasteiger partial charge >= 0.3 is 0 Å². The monoisotopic (exact) mass is 365 g/mol. The van der Waals surface area contributed by atoms with Crippen LogP contribution in [-0.4, -0.2) is 35.9 Å². The second-order valence-electron chi connectivity index (χ2n) is 3.77. The number of methoxy groups -OCH3 is 1. The van der Waals surface area contributed by atoms with Gasteiger partial charge < -0.3 is 10.1 Å². The summed E-state index contributed by atoms with van der Waals surface area (Å²) in [6.45, 7) is 2.76. The topological polar surface area (TPSA) is 73.2 Å². The number of carbonyl (C=O) groups is 1. The Bertz CT molecular complexity index is 461. The van der Waals surface area contributed by atoms with Crippen LogP contribution >= 0.6 is 22.6 Å². The van der Waals surface area contributed by atoms with Crippen LogP contribution in [0.5, 0.6) is 0 Å². The first-order valence-corrected chi connectivity index (χ1v) is 6.65. The largest absolute Gasteiger partial charge is 0.385 e. The maximum atomic E-state index is 11.8. The highest BCUT2D eigenvalue weighted by atomic mass is 127. The van der Waals surface area contributed by atoms with Crippen LogP contribution in [0.15, 0.2) is 17.1 Å². The number of rotatable bonds is 6. The van der Waals surface area contributed by atoms with Gasteiger partial charge in [-0.2, -0.15) is 5.10 Å². The van der Waals surface area contributed by atoms with Crippen LogP contribution in [0.25, 0.3) is 0 Å². The van der Waals surface area contributed by atoms with Crippen molar-refractivity contribution in [2.45, 2.75) is 19.4 Å². The zero-order valence-electron chi connectivity index (χ0n) is 10.4. The molecular formula is C11H16IN3O3. The van der Waals surface area contributed by atoms with E-state index >= 15 is 0 Å². The van der Waals surface area contributed by atoms with Gasteiger partial charge in [-0.1, -0.05) is 0 Å². The number of halogens is 1. The molecule has 6 nitrogen and oxygen atoms in total. The lowest BCUT2D eigenvalue weighted by atomic mass is 10.3. The van der Waals surface area contributed by atoms with E-state index < -0.39 is 6.04 Å². The highest BCUT2D eigenvalue weighted by Crippen LogP contribution is 2.02. The van der Waals surface area contributed by atoms with Gasteiger partial charge in [0.2, 0.25) is 5.91 Å². The summed E-state index contributed by atoms with van der Waals surface area (Å²) >= 11 is 2.00. The summed E-state index contributed by atoms with van der Waals surface area (Å²) < 4.78 is 6.81. The zero-order chi connectivity index (χ0) is 13.5. The molecule has 0 aliphatic heterocycles. The van der Waals surface area contributed by atoms with Crippen molar-refractivity contribution >= 4 is 28.5 Å². The highest BCUT2D eigenvalue weighted by molar-refractivity contribution is 14.1. The molecule has 0 radical (unpaired) electrons. The second kappa shape index (κ2) is 7.47. The van der Waals surface area contributed by atoms with Gasteiger partial charge in [0.25, 0.3) is 5.56 Å². The predicted molar refractivity (Wildman–Crippen MR) is 75.4 cm³/mol. The Morgan fingerprint density at radius 2 is 2.39 bits per heavy atom. The standard InChI is InChI=1S/C11H16IN3O3/c1-8(11(17)13-4-3-5-18-2)15-10(16)6-9(12)7-14-15/h6-8H,3-5H2,1-2H3,(H,13,17). The number of carbonyl (C=O) groups excluding carboxylic acids is 1. The van der Waals surface area contributed by atoms with E-state index in [0.29, 0.717) is 13.2 Å². The fourth-order valence-electron chi connectivity index (χ4n) is 1.37. The van der Waals surface area contributed by atoms with Crippen molar-refractivity contribution in [1.29, 1.82) is 0 Å². The first-order chi connectivity index (χ1) is 8.56. The Balaban J connectivity index is 2.60. The van der Waals surface area contributed by atoms with Gasteiger partial charge in [-0.25, -0.2) is 4.68 Å². The Kier molecular flexibility index (Phi) is 6.27. The van der Waals surface area contributed by atoms with Crippen molar-refractivity contribution in [1.82, 2.24) is 15.1 Å². The first kappa shape index (κ1) is 15.1. The molecule has 1 unspecified atom stereocenters. The van der Waals surface area contributed by atoms with Crippen LogP contribution in [0.4, 0.5) is 0 Å². The van der Waals surface area contributed by atoms with Crippen molar-refractivity contribution < 1.29 is 9.53 Å². The molecule has 1 aromatic rings. The second-order valence-corrected chi connectivity index (χ2v) is 5.02. The Hall–Kier alpha value is -0.960. The van der Waals surface area contributed by atoms with Crippen molar-refractivity contribution in [3.63, 3.8) is 0 Å². The molecule has 1 heterocycles. The summed E-state index contributed by atoms with van der Waals surface area (Å²) in [6, 6.07) is 0.833. The van der Waals surface area contributed by atoms with Crippen molar-refractivity contribution in [3.05, 3.63) is 26.2 Å². The maximum absolute atomic E-state index is 11.8. The molecule has 1 amide bonds. The Morgan fingerprint density at radius 1 is 1.67 bits per heavy atom. The quantitative estimate of drug-likeness (QED) is 0.591. The van der Waals surface area contributed by atoms with Crippen LogP contribution in [0, 0.1) is 3.57 Å². The molecule has 100 valence electrons. The average Bonchev–Trinajstić information content (AvgIpc) is 2.33. The molecule has 1 atom stereocenters. The Labute approximate surface area is 119 Å². The summed E-state index contributed by atoms with van der Waals surface area (Å²) in [5, 5.41) is 6.69. The average molecular weight is 365 g/mol. The van der Waals surface area contributed by atoms with E-state index in [0.717, 1.165) is 9.99 Å². The highest BCUT2D eigenvalue weighted by Gasteiger charge is 2.16. The smallest absolute Gasteiger partial charge is 0.268 e. The minimum absolute atomic E-state index is 0.220. The SMILES string of the molecule is COCCCNC(=O)C(C)n1ncc(I)cc1=O. The molecular weight excluding hydrogens is 349 g/mol. The third kappa shape index (κ3) is 4.37. The summed E-state index contributed by atoms with van der Waals surface area (Å²) in [6.07, 6.45) is 2.29. The van der Waals surface area contributed by atoms with Crippen molar-refractivity contribution in [2.24, 2.45) is 0 Å². The molecule has 1 rings (SSSR count). The number of hydrogen-bond donors (Lipinski definition) is 1. The number of nitrogens with one attached hydrogen (secondary N) is 1. The van der Waals surface area contributed by atoms with Crippen LogP contribution in [0.1, 0.15) is 19.4 Å². The fraction of sp³-hybridized carbons (Fsp3) is 0.545. The van der Waals surface area contributed by atoms with Gasteiger partial charge in [-0.05, 0) is 35.9 Å². The lowest BCUT2D eigenvalue weighted by Gasteiger charge is -2.13. The fourth-order valence-corrected chi connectivity index (χ4v) is 1.76. The molecule has 0 saturated heterocycles. The minimum Gasteiger partial charge on any atom is -0.385 e. The summed E-state index contributed by atoms with van der Waals surface area (Å²) in [4.78, 5) is 23.4. The molecule has 0 bridgehead atoms. The number of ether oxygens (including phenoxy) is 1. The molecule has 7 heteroatoms. The van der Waals surface area contributed by atoms with Gasteiger partial charge in [0.05, 0.1) is 6.20 Å². The molecule has 0 fully saturated rings. The summed E-state index contributed by atoms with van der Waals surface area (Å²) in [5.74, 6) is -0.220. The molecule has 0 aliphatic carbocycles. The summed E-state index contributed by atoms with van der Waals surface area (Å²) in [7, 11) is 1.61. The van der Waals surface area contributed by atoms with E-state index in [-0.39, 0.29) is 11.5 Å². The minimum atomic E-state index is -0.614. The predicted octanol–water partition coefficient (Wildman–Crippen LogP) is 0.562. The lowest BCUT2D eigenvalue weighted by Crippen LogP contribution is -2.37. The number of hydrogen-bond acceptors (Lipinski definition) is 4. The van der Waals surface area contributed by atoms with Gasteiger partial charge in [0.1, 0.15) is 6.04 Å². The van der Waals surface area contributed by atoms with Gasteiger partial charge in [0, 0.05) is 29.9 Å². The lowest BCUT2D eigenvalue weighted by molar-refractivity contribution is -0.124. The number of nitrogens with zero attached hydrogens (tertiary/aromatic N) is 2. The molecule has 0 aromatic carbocycles. The van der Waals surface area contributed by atoms with E-state index in [1.807, 2.05) is 22.6 Å². The van der Waals surface area contributed by atoms with E-state index in [1.165, 1.54) is 10.7 Å². The molecule has 1 N–H and O–H groups in total. The summed E-state index contributed by atoms with van der Waals surface area (Å²) in [5.41, 5.74) is -0.276. The maximum Gasteiger partial charge on any atom is 0.268 e. The van der Waals surface area contributed by atoms with Gasteiger partial charge in [-0.3, -0.25) is 9.59 Å². The zero-order valence-corrected chi connectivity index (χ0v) is 12.5. The van der Waals surface area contributed by atoms with Crippen LogP contribution < -0.4 is 10.9 Å². The van der Waals surface area contributed by atoms with E-state index in [1.54, 1.807) is 20.2 Å². The third-order valence-electron chi connectivity index (χ3n) is 2.36. The van der Waals surface area contributed by atoms with Crippen molar-refractivity contribution in [3.8, 4) is 0 Å². The normalized spacial score (nSPS) is 12.2. The van der Waals surface area contributed by atoms with E-state index in [4.69, 9.17) is 4.74 Å². The van der Waals surface area contributed by atoms with Crippen LogP contribution in [0.2, 0.25) is 0 Å². The number of aromatic nitrogens is 2. The van der Waals surface area contributed by atoms with Crippen molar-refractivity contribution in [2.75, 3.05) is 20.3 Å². The molecule has 18 heavy (non-hydrogen) atoms. The Morgan fingerprint density at radius 3 is 3.00 bits per heavy atom. The van der Waals surface area contributed by atoms with E-state index in [2.05, 4.69) is 10.4 Å². The van der Waals surface area contributed by atoms with Gasteiger partial charge in [-0.15, -0.1) is 0 Å². The van der Waals surface area contributed by atoms with E-state index in [9.17, 15) is 9.59 Å². The van der Waals surface area contributed by atoms with Crippen LogP contribution in [0.3, 0.4) is 0 Å². The third-order valence-corrected chi connectivity index (χ3v) is 2.95. The molecule has 0 aliphatic rings. The molecule has 0 spiro atoms. The van der Waals surface area contributed by atoms with Crippen LogP contribution in [-0.2, 0) is 9.53 Å². The molecule has 1 aromatic heterocycles.